The number of nitrogens with one attached hydrogen (secondary N) is 1. The standard InChI is InChI=1S/C15H20FNO4/c1-21-13-6-2-9(8-11(13)16)15(20)12(5-7-14(18)19)17-10-3-4-10/h2,6,8,10,12,15,17,20H,3-5,7H2,1H3,(H,18,19). The van der Waals surface area contributed by atoms with Gasteiger partial charge >= 0.3 is 5.97 Å². The number of aliphatic hydroxyl groups is 1. The van der Waals surface area contributed by atoms with Gasteiger partial charge in [0.05, 0.1) is 13.2 Å². The number of carboxylic acids is 1. The molecule has 0 bridgehead atoms. The Morgan fingerprint density at radius 2 is 2.24 bits per heavy atom. The van der Waals surface area contributed by atoms with Crippen LogP contribution in [0.25, 0.3) is 0 Å². The third-order valence-electron chi connectivity index (χ3n) is 3.59. The number of hydrogen-bond acceptors (Lipinski definition) is 4. The molecule has 1 aromatic rings. The average molecular weight is 297 g/mol. The molecule has 0 aromatic heterocycles. The molecule has 3 N–H and O–H groups in total. The molecule has 0 saturated heterocycles. The summed E-state index contributed by atoms with van der Waals surface area (Å²) in [5.41, 5.74) is 0.414. The van der Waals surface area contributed by atoms with Crippen molar-refractivity contribution in [2.75, 3.05) is 7.11 Å². The summed E-state index contributed by atoms with van der Waals surface area (Å²) in [6.45, 7) is 0. The second kappa shape index (κ2) is 6.87. The number of rotatable bonds is 8. The zero-order valence-electron chi connectivity index (χ0n) is 11.9. The molecule has 1 aliphatic carbocycles. The number of benzene rings is 1. The van der Waals surface area contributed by atoms with Gasteiger partial charge in [0.25, 0.3) is 0 Å². The molecule has 0 amide bonds. The van der Waals surface area contributed by atoms with E-state index in [1.165, 1.54) is 19.2 Å². The predicted octanol–water partition coefficient (Wildman–Crippen LogP) is 1.85. The number of aliphatic carboxylic acids is 1. The van der Waals surface area contributed by atoms with Gasteiger partial charge in [-0.3, -0.25) is 4.79 Å². The number of ether oxygens (including phenoxy) is 1. The SMILES string of the molecule is COc1ccc(C(O)C(CCC(=O)O)NC2CC2)cc1F. The summed E-state index contributed by atoms with van der Waals surface area (Å²) in [6.07, 6.45) is 1.34. The maximum absolute atomic E-state index is 13.7. The Labute approximate surface area is 122 Å². The number of aliphatic hydroxyl groups excluding tert-OH is 1. The van der Waals surface area contributed by atoms with E-state index >= 15 is 0 Å². The second-order valence-electron chi connectivity index (χ2n) is 5.32. The van der Waals surface area contributed by atoms with Gasteiger partial charge in [0, 0.05) is 18.5 Å². The number of halogens is 1. The van der Waals surface area contributed by atoms with Crippen LogP contribution in [0.1, 0.15) is 37.4 Å². The number of hydrogen-bond donors (Lipinski definition) is 3. The monoisotopic (exact) mass is 297 g/mol. The third kappa shape index (κ3) is 4.41. The van der Waals surface area contributed by atoms with E-state index in [4.69, 9.17) is 9.84 Å². The van der Waals surface area contributed by atoms with E-state index in [1.54, 1.807) is 6.07 Å². The quantitative estimate of drug-likeness (QED) is 0.682. The first-order chi connectivity index (χ1) is 10.0. The summed E-state index contributed by atoms with van der Waals surface area (Å²) in [6, 6.07) is 4.20. The highest BCUT2D eigenvalue weighted by Crippen LogP contribution is 2.28. The van der Waals surface area contributed by atoms with Crippen LogP contribution >= 0.6 is 0 Å². The first kappa shape index (κ1) is 15.7. The van der Waals surface area contributed by atoms with Gasteiger partial charge in [-0.2, -0.15) is 0 Å². The van der Waals surface area contributed by atoms with Gasteiger partial charge in [-0.05, 0) is 37.0 Å². The Bertz CT molecular complexity index is 504. The molecule has 0 heterocycles. The van der Waals surface area contributed by atoms with E-state index in [0.717, 1.165) is 12.8 Å². The Kier molecular flexibility index (Phi) is 5.14. The highest BCUT2D eigenvalue weighted by atomic mass is 19.1. The molecule has 1 saturated carbocycles. The van der Waals surface area contributed by atoms with Gasteiger partial charge in [0.2, 0.25) is 0 Å². The Balaban J connectivity index is 2.09. The minimum absolute atomic E-state index is 0.0416. The highest BCUT2D eigenvalue weighted by molar-refractivity contribution is 5.66. The van der Waals surface area contributed by atoms with Gasteiger partial charge in [0.15, 0.2) is 11.6 Å². The van der Waals surface area contributed by atoms with Crippen molar-refractivity contribution in [1.29, 1.82) is 0 Å². The minimum atomic E-state index is -0.953. The smallest absolute Gasteiger partial charge is 0.303 e. The van der Waals surface area contributed by atoms with Crippen molar-refractivity contribution in [2.45, 2.75) is 43.9 Å². The highest BCUT2D eigenvalue weighted by Gasteiger charge is 2.29. The lowest BCUT2D eigenvalue weighted by molar-refractivity contribution is -0.137. The number of carbonyl (C=O) groups is 1. The molecule has 5 nitrogen and oxygen atoms in total. The molecule has 21 heavy (non-hydrogen) atoms. The van der Waals surface area contributed by atoms with E-state index < -0.39 is 23.9 Å². The predicted molar refractivity (Wildman–Crippen MR) is 74.7 cm³/mol. The fraction of sp³-hybridized carbons (Fsp3) is 0.533. The summed E-state index contributed by atoms with van der Waals surface area (Å²) >= 11 is 0. The molecule has 116 valence electrons. The molecule has 6 heteroatoms. The molecule has 1 aliphatic rings. The van der Waals surface area contributed by atoms with Gasteiger partial charge < -0.3 is 20.3 Å². The van der Waals surface area contributed by atoms with Crippen molar-refractivity contribution < 1.29 is 24.1 Å². The van der Waals surface area contributed by atoms with Crippen LogP contribution in [0.15, 0.2) is 18.2 Å². The lowest BCUT2D eigenvalue weighted by Crippen LogP contribution is -2.37. The molecule has 0 aliphatic heterocycles. The van der Waals surface area contributed by atoms with E-state index in [1.807, 2.05) is 0 Å². The van der Waals surface area contributed by atoms with E-state index in [0.29, 0.717) is 18.0 Å². The summed E-state index contributed by atoms with van der Waals surface area (Å²) in [4.78, 5) is 10.7. The average Bonchev–Trinajstić information content (AvgIpc) is 3.26. The topological polar surface area (TPSA) is 78.8 Å². The maximum atomic E-state index is 13.7. The van der Waals surface area contributed by atoms with Crippen LogP contribution in [0.2, 0.25) is 0 Å². The lowest BCUT2D eigenvalue weighted by atomic mass is 9.98. The molecular formula is C15H20FNO4. The van der Waals surface area contributed by atoms with E-state index in [9.17, 15) is 14.3 Å². The summed E-state index contributed by atoms with van der Waals surface area (Å²) in [5.74, 6) is -1.34. The van der Waals surface area contributed by atoms with Crippen molar-refractivity contribution in [1.82, 2.24) is 5.32 Å². The van der Waals surface area contributed by atoms with Gasteiger partial charge in [-0.25, -0.2) is 4.39 Å². The van der Waals surface area contributed by atoms with Gasteiger partial charge in [-0.15, -0.1) is 0 Å². The summed E-state index contributed by atoms with van der Waals surface area (Å²) in [5, 5.41) is 22.4. The van der Waals surface area contributed by atoms with Crippen LogP contribution in [0.4, 0.5) is 4.39 Å². The van der Waals surface area contributed by atoms with Crippen LogP contribution in [0, 0.1) is 5.82 Å². The molecule has 2 rings (SSSR count). The molecular weight excluding hydrogens is 277 g/mol. The third-order valence-corrected chi connectivity index (χ3v) is 3.59. The minimum Gasteiger partial charge on any atom is -0.494 e. The van der Waals surface area contributed by atoms with Gasteiger partial charge in [0.1, 0.15) is 0 Å². The maximum Gasteiger partial charge on any atom is 0.303 e. The Hall–Kier alpha value is -1.66. The van der Waals surface area contributed by atoms with E-state index in [-0.39, 0.29) is 12.2 Å². The second-order valence-corrected chi connectivity index (χ2v) is 5.32. The largest absolute Gasteiger partial charge is 0.494 e. The number of carboxylic acid groups (broad SMARTS) is 1. The molecule has 2 unspecified atom stereocenters. The van der Waals surface area contributed by atoms with Crippen LogP contribution in [-0.2, 0) is 4.79 Å². The van der Waals surface area contributed by atoms with Crippen LogP contribution in [0.5, 0.6) is 5.75 Å². The molecule has 0 spiro atoms. The first-order valence-corrected chi connectivity index (χ1v) is 7.00. The Morgan fingerprint density at radius 1 is 1.52 bits per heavy atom. The zero-order chi connectivity index (χ0) is 15.4. The van der Waals surface area contributed by atoms with Gasteiger partial charge in [-0.1, -0.05) is 6.07 Å². The van der Waals surface area contributed by atoms with E-state index in [2.05, 4.69) is 5.32 Å². The number of methoxy groups -OCH3 is 1. The zero-order valence-corrected chi connectivity index (χ0v) is 11.9. The molecule has 2 atom stereocenters. The first-order valence-electron chi connectivity index (χ1n) is 7.00. The van der Waals surface area contributed by atoms with Crippen molar-refractivity contribution in [3.63, 3.8) is 0 Å². The molecule has 0 radical (unpaired) electrons. The van der Waals surface area contributed by atoms with Crippen molar-refractivity contribution in [3.05, 3.63) is 29.6 Å². The fourth-order valence-corrected chi connectivity index (χ4v) is 2.26. The lowest BCUT2D eigenvalue weighted by Gasteiger charge is -2.24. The molecule has 1 aromatic carbocycles. The normalized spacial score (nSPS) is 17.3. The summed E-state index contributed by atoms with van der Waals surface area (Å²) < 4.78 is 18.6. The summed E-state index contributed by atoms with van der Waals surface area (Å²) in [7, 11) is 1.37. The van der Waals surface area contributed by atoms with Crippen molar-refractivity contribution in [3.8, 4) is 5.75 Å². The van der Waals surface area contributed by atoms with Crippen LogP contribution in [0.3, 0.4) is 0 Å². The Morgan fingerprint density at radius 3 is 2.76 bits per heavy atom. The van der Waals surface area contributed by atoms with Crippen molar-refractivity contribution in [2.24, 2.45) is 0 Å². The van der Waals surface area contributed by atoms with Crippen molar-refractivity contribution >= 4 is 5.97 Å². The fourth-order valence-electron chi connectivity index (χ4n) is 2.26. The van der Waals surface area contributed by atoms with Crippen LogP contribution < -0.4 is 10.1 Å². The molecule has 1 fully saturated rings. The van der Waals surface area contributed by atoms with Crippen LogP contribution in [-0.4, -0.2) is 35.4 Å².